The summed E-state index contributed by atoms with van der Waals surface area (Å²) in [4.78, 5) is 25.4. The molecule has 29 heavy (non-hydrogen) atoms. The van der Waals surface area contributed by atoms with Crippen LogP contribution >= 0.6 is 11.6 Å². The fraction of sp³-hybridized carbons (Fsp3) is 0.636. The Hall–Kier alpha value is -1.47. The molecule has 1 aromatic rings. The van der Waals surface area contributed by atoms with E-state index in [1.165, 1.54) is 5.01 Å². The van der Waals surface area contributed by atoms with E-state index in [4.69, 9.17) is 26.1 Å². The van der Waals surface area contributed by atoms with Gasteiger partial charge in [0.05, 0.1) is 6.21 Å². The molecule has 1 aromatic carbocycles. The Labute approximate surface area is 176 Å². The van der Waals surface area contributed by atoms with Crippen LogP contribution in [0.2, 0.25) is 5.02 Å². The quantitative estimate of drug-likeness (QED) is 0.528. The van der Waals surface area contributed by atoms with Crippen LogP contribution in [0.4, 0.5) is 0 Å². The van der Waals surface area contributed by atoms with Gasteiger partial charge in [0, 0.05) is 23.3 Å². The van der Waals surface area contributed by atoms with Crippen molar-refractivity contribution >= 4 is 23.7 Å². The number of amides is 1. The van der Waals surface area contributed by atoms with Gasteiger partial charge in [0.1, 0.15) is 0 Å². The van der Waals surface area contributed by atoms with Crippen molar-refractivity contribution in [2.75, 3.05) is 0 Å². The third kappa shape index (κ3) is 2.87. The summed E-state index contributed by atoms with van der Waals surface area (Å²) in [7, 11) is 0. The summed E-state index contributed by atoms with van der Waals surface area (Å²) in [5.74, 6) is -0.303. The molecule has 2 bridgehead atoms. The zero-order valence-corrected chi connectivity index (χ0v) is 17.8. The topological polar surface area (TPSA) is 60.4 Å². The van der Waals surface area contributed by atoms with Gasteiger partial charge in [-0.3, -0.25) is 4.79 Å². The molecule has 6 rings (SSSR count). The lowest BCUT2D eigenvalue weighted by Crippen LogP contribution is -2.74. The van der Waals surface area contributed by atoms with Crippen molar-refractivity contribution in [3.63, 3.8) is 0 Å². The molecule has 0 N–H and O–H groups in total. The molecule has 1 unspecified atom stereocenters. The summed E-state index contributed by atoms with van der Waals surface area (Å²) in [5.41, 5.74) is 0.184. The summed E-state index contributed by atoms with van der Waals surface area (Å²) in [6.45, 7) is 6.15. The Bertz CT molecular complexity index is 846. The van der Waals surface area contributed by atoms with E-state index in [-0.39, 0.29) is 23.7 Å². The SMILES string of the molecule is C[C@@H]1CC[C@H]2[C@@H](C)C(=O)N(/N=C/c3ccc(Cl)cc3)[C@@H]3OC4(C)CC[C@@H]1[C@@]23OO4. The number of carbonyl (C=O) groups is 1. The maximum Gasteiger partial charge on any atom is 0.248 e. The van der Waals surface area contributed by atoms with Gasteiger partial charge in [0.25, 0.3) is 0 Å². The van der Waals surface area contributed by atoms with E-state index in [0.717, 1.165) is 31.2 Å². The van der Waals surface area contributed by atoms with E-state index in [0.29, 0.717) is 10.9 Å². The molecule has 156 valence electrons. The molecule has 0 radical (unpaired) electrons. The lowest BCUT2D eigenvalue weighted by atomic mass is 9.57. The molecule has 7 atom stereocenters. The van der Waals surface area contributed by atoms with Crippen molar-refractivity contribution in [3.8, 4) is 0 Å². The Kier molecular flexibility index (Phi) is 4.55. The number of halogens is 1. The number of nitrogens with zero attached hydrogens (tertiary/aromatic N) is 2. The van der Waals surface area contributed by atoms with Crippen LogP contribution in [0, 0.1) is 23.7 Å². The molecular weight excluding hydrogens is 392 g/mol. The van der Waals surface area contributed by atoms with Crippen LogP contribution in [-0.4, -0.2) is 34.7 Å². The number of piperidine rings is 1. The lowest BCUT2D eigenvalue weighted by molar-refractivity contribution is -0.547. The number of ether oxygens (including phenoxy) is 1. The van der Waals surface area contributed by atoms with Crippen LogP contribution in [-0.2, 0) is 19.3 Å². The molecule has 1 aliphatic carbocycles. The standard InChI is InChI=1S/C22H27ClN2O4/c1-13-4-9-18-14(2)19(26)25(24-12-15-5-7-16(23)8-6-15)20-22(18)17(13)10-11-21(3,27-20)28-29-22/h5-8,12-14,17-18,20H,4,9-11H2,1-3H3/b24-12+/t13-,14-,17+,18+,20-,21?,22-/m1/s1. The zero-order valence-electron chi connectivity index (χ0n) is 17.0. The number of hydrogen-bond acceptors (Lipinski definition) is 5. The van der Waals surface area contributed by atoms with Crippen LogP contribution in [0.1, 0.15) is 52.0 Å². The summed E-state index contributed by atoms with van der Waals surface area (Å²) >= 11 is 5.98. The molecule has 6 nitrogen and oxygen atoms in total. The molecule has 4 heterocycles. The highest BCUT2D eigenvalue weighted by Crippen LogP contribution is 2.60. The van der Waals surface area contributed by atoms with Crippen molar-refractivity contribution < 1.29 is 19.3 Å². The number of hydrazone groups is 1. The van der Waals surface area contributed by atoms with Gasteiger partial charge in [-0.05, 0) is 55.7 Å². The first-order valence-electron chi connectivity index (χ1n) is 10.5. The molecule has 5 fully saturated rings. The smallest absolute Gasteiger partial charge is 0.248 e. The van der Waals surface area contributed by atoms with E-state index >= 15 is 0 Å². The van der Waals surface area contributed by atoms with Gasteiger partial charge in [-0.15, -0.1) is 0 Å². The third-order valence-electron chi connectivity index (χ3n) is 7.44. The summed E-state index contributed by atoms with van der Waals surface area (Å²) in [6, 6.07) is 7.35. The molecule has 0 aromatic heterocycles. The van der Waals surface area contributed by atoms with Crippen LogP contribution in [0.15, 0.2) is 29.4 Å². The van der Waals surface area contributed by atoms with Crippen molar-refractivity contribution in [1.29, 1.82) is 0 Å². The van der Waals surface area contributed by atoms with Gasteiger partial charge >= 0.3 is 0 Å². The number of rotatable bonds is 2. The summed E-state index contributed by atoms with van der Waals surface area (Å²) in [6.07, 6.45) is 4.82. The zero-order chi connectivity index (χ0) is 20.4. The molecule has 5 aliphatic rings. The van der Waals surface area contributed by atoms with Gasteiger partial charge in [-0.25, -0.2) is 14.8 Å². The van der Waals surface area contributed by atoms with E-state index in [2.05, 4.69) is 12.0 Å². The van der Waals surface area contributed by atoms with Crippen molar-refractivity contribution in [3.05, 3.63) is 34.9 Å². The Morgan fingerprint density at radius 2 is 1.90 bits per heavy atom. The summed E-state index contributed by atoms with van der Waals surface area (Å²) < 4.78 is 6.44. The van der Waals surface area contributed by atoms with Crippen LogP contribution < -0.4 is 0 Å². The highest BCUT2D eigenvalue weighted by molar-refractivity contribution is 6.30. The number of fused-ring (bicyclic) bond motifs is 2. The monoisotopic (exact) mass is 418 g/mol. The average molecular weight is 419 g/mol. The second-order valence-electron chi connectivity index (χ2n) is 9.20. The predicted octanol–water partition coefficient (Wildman–Crippen LogP) is 4.37. The largest absolute Gasteiger partial charge is 0.319 e. The van der Waals surface area contributed by atoms with Crippen molar-refractivity contribution in [2.45, 2.75) is 64.1 Å². The molecule has 1 amide bonds. The number of hydrogen-bond donors (Lipinski definition) is 0. The second-order valence-corrected chi connectivity index (χ2v) is 9.63. The Morgan fingerprint density at radius 3 is 2.66 bits per heavy atom. The third-order valence-corrected chi connectivity index (χ3v) is 7.69. The van der Waals surface area contributed by atoms with Gasteiger partial charge < -0.3 is 4.74 Å². The highest BCUT2D eigenvalue weighted by Gasteiger charge is 2.70. The fourth-order valence-electron chi connectivity index (χ4n) is 5.83. The van der Waals surface area contributed by atoms with Gasteiger partial charge in [0.15, 0.2) is 11.8 Å². The molecular formula is C22H27ClN2O4. The minimum atomic E-state index is -0.869. The maximum atomic E-state index is 13.3. The first-order valence-corrected chi connectivity index (χ1v) is 10.9. The minimum absolute atomic E-state index is 0.0242. The van der Waals surface area contributed by atoms with E-state index < -0.39 is 17.6 Å². The fourth-order valence-corrected chi connectivity index (χ4v) is 5.96. The Balaban J connectivity index is 1.58. The maximum absolute atomic E-state index is 13.3. The molecule has 1 spiro atoms. The second kappa shape index (κ2) is 6.77. The van der Waals surface area contributed by atoms with E-state index in [1.54, 1.807) is 18.3 Å². The van der Waals surface area contributed by atoms with Gasteiger partial charge in [-0.1, -0.05) is 37.6 Å². The van der Waals surface area contributed by atoms with Crippen molar-refractivity contribution in [1.82, 2.24) is 5.01 Å². The Morgan fingerprint density at radius 1 is 1.14 bits per heavy atom. The van der Waals surface area contributed by atoms with Crippen LogP contribution in [0.5, 0.6) is 0 Å². The average Bonchev–Trinajstić information content (AvgIpc) is 2.94. The van der Waals surface area contributed by atoms with E-state index in [9.17, 15) is 4.79 Å². The number of carbonyl (C=O) groups excluding carboxylic acids is 1. The molecule has 1 saturated carbocycles. The van der Waals surface area contributed by atoms with Crippen LogP contribution in [0.25, 0.3) is 0 Å². The highest BCUT2D eigenvalue weighted by atomic mass is 35.5. The molecule has 7 heteroatoms. The van der Waals surface area contributed by atoms with E-state index in [1.807, 2.05) is 26.0 Å². The lowest BCUT2D eigenvalue weighted by Gasteiger charge is -2.60. The normalized spacial score (nSPS) is 44.1. The molecule has 4 saturated heterocycles. The first kappa shape index (κ1) is 19.5. The summed E-state index contributed by atoms with van der Waals surface area (Å²) in [5, 5.41) is 6.76. The van der Waals surface area contributed by atoms with Gasteiger partial charge in [-0.2, -0.15) is 5.10 Å². The minimum Gasteiger partial charge on any atom is -0.319 e. The predicted molar refractivity (Wildman–Crippen MR) is 108 cm³/mol. The van der Waals surface area contributed by atoms with Gasteiger partial charge in [0.2, 0.25) is 11.7 Å². The molecule has 4 aliphatic heterocycles. The van der Waals surface area contributed by atoms with Crippen LogP contribution in [0.3, 0.4) is 0 Å². The first-order chi connectivity index (χ1) is 13.8. The van der Waals surface area contributed by atoms with Crippen molar-refractivity contribution in [2.24, 2.45) is 28.8 Å². The number of benzene rings is 1.